The van der Waals surface area contributed by atoms with E-state index in [-0.39, 0.29) is 17.9 Å². The second kappa shape index (κ2) is 12.0. The molecule has 2 aromatic carbocycles. The Hall–Kier alpha value is -2.63. The Morgan fingerprint density at radius 2 is 1.88 bits per heavy atom. The lowest BCUT2D eigenvalue weighted by molar-refractivity contribution is -0.121. The molecule has 1 heterocycles. The molecule has 3 aromatic rings. The second-order valence-corrected chi connectivity index (χ2v) is 9.77. The van der Waals surface area contributed by atoms with Gasteiger partial charge < -0.3 is 10.2 Å². The summed E-state index contributed by atoms with van der Waals surface area (Å²) in [4.78, 5) is 15.0. The SMILES string of the molecule is CC(C)C[C@H](CC(=O)NC[C@H](Cc1ccc(-c2cn[nH]c2)cc1Cl)N(C)C)c1ccccc1. The number of rotatable bonds is 11. The molecule has 0 saturated heterocycles. The van der Waals surface area contributed by atoms with Crippen molar-refractivity contribution in [3.05, 3.63) is 77.1 Å². The average Bonchev–Trinajstić information content (AvgIpc) is 3.32. The molecule has 2 atom stereocenters. The number of halogens is 1. The van der Waals surface area contributed by atoms with Crippen LogP contribution in [0.3, 0.4) is 0 Å². The molecule has 0 aliphatic rings. The van der Waals surface area contributed by atoms with Crippen molar-refractivity contribution in [1.82, 2.24) is 20.4 Å². The Labute approximate surface area is 202 Å². The van der Waals surface area contributed by atoms with Crippen molar-refractivity contribution in [2.75, 3.05) is 20.6 Å². The van der Waals surface area contributed by atoms with Gasteiger partial charge in [-0.1, -0.05) is 67.9 Å². The van der Waals surface area contributed by atoms with Crippen molar-refractivity contribution in [2.24, 2.45) is 5.92 Å². The Kier molecular flexibility index (Phi) is 9.10. The highest BCUT2D eigenvalue weighted by Crippen LogP contribution is 2.28. The Bertz CT molecular complexity index is 1000. The summed E-state index contributed by atoms with van der Waals surface area (Å²) in [7, 11) is 4.08. The van der Waals surface area contributed by atoms with Crippen molar-refractivity contribution in [3.63, 3.8) is 0 Å². The monoisotopic (exact) mass is 466 g/mol. The molecule has 0 aliphatic heterocycles. The Morgan fingerprint density at radius 1 is 1.12 bits per heavy atom. The number of hydrogen-bond donors (Lipinski definition) is 2. The molecule has 0 fully saturated rings. The van der Waals surface area contributed by atoms with E-state index in [2.05, 4.69) is 58.5 Å². The fraction of sp³-hybridized carbons (Fsp3) is 0.407. The average molecular weight is 467 g/mol. The van der Waals surface area contributed by atoms with Crippen LogP contribution in [0.5, 0.6) is 0 Å². The van der Waals surface area contributed by atoms with E-state index in [4.69, 9.17) is 11.6 Å². The number of carbonyl (C=O) groups excluding carboxylic acids is 1. The number of aromatic nitrogens is 2. The molecule has 0 unspecified atom stereocenters. The number of amides is 1. The van der Waals surface area contributed by atoms with Gasteiger partial charge in [-0.15, -0.1) is 0 Å². The first-order chi connectivity index (χ1) is 15.8. The van der Waals surface area contributed by atoms with Gasteiger partial charge in [-0.3, -0.25) is 9.89 Å². The molecule has 0 bridgehead atoms. The summed E-state index contributed by atoms with van der Waals surface area (Å²) < 4.78 is 0. The fourth-order valence-corrected chi connectivity index (χ4v) is 4.41. The summed E-state index contributed by atoms with van der Waals surface area (Å²) in [5.74, 6) is 0.858. The van der Waals surface area contributed by atoms with Gasteiger partial charge in [0.15, 0.2) is 0 Å². The first kappa shape index (κ1) is 25.0. The zero-order valence-corrected chi connectivity index (χ0v) is 20.8. The third-order valence-corrected chi connectivity index (χ3v) is 6.42. The van der Waals surface area contributed by atoms with Gasteiger partial charge in [-0.2, -0.15) is 5.10 Å². The molecule has 33 heavy (non-hydrogen) atoms. The van der Waals surface area contributed by atoms with Crippen molar-refractivity contribution in [1.29, 1.82) is 0 Å². The van der Waals surface area contributed by atoms with Crippen LogP contribution >= 0.6 is 11.6 Å². The number of aromatic amines is 1. The van der Waals surface area contributed by atoms with Crippen LogP contribution in [0.25, 0.3) is 11.1 Å². The molecule has 176 valence electrons. The van der Waals surface area contributed by atoms with Crippen LogP contribution < -0.4 is 5.32 Å². The molecule has 0 radical (unpaired) electrons. The fourth-order valence-electron chi connectivity index (χ4n) is 4.15. The van der Waals surface area contributed by atoms with Crippen LogP contribution in [-0.4, -0.2) is 47.7 Å². The highest BCUT2D eigenvalue weighted by atomic mass is 35.5. The van der Waals surface area contributed by atoms with Crippen LogP contribution in [0.4, 0.5) is 0 Å². The van der Waals surface area contributed by atoms with Crippen LogP contribution in [0.15, 0.2) is 60.9 Å². The third kappa shape index (κ3) is 7.44. The standard InChI is InChI=1S/C27H35ClN4O/c1-19(2)12-23(20-8-6-5-7-9-20)15-27(33)29-18-25(32(3)4)13-22-11-10-21(14-26(22)28)24-16-30-31-17-24/h5-11,14,16-17,19,23,25H,12-13,15,18H2,1-4H3,(H,29,33)(H,30,31)/t23-,25+/m1/s1. The summed E-state index contributed by atoms with van der Waals surface area (Å²) in [6.07, 6.45) is 5.89. The van der Waals surface area contributed by atoms with E-state index < -0.39 is 0 Å². The zero-order chi connectivity index (χ0) is 23.8. The maximum Gasteiger partial charge on any atom is 0.220 e. The Morgan fingerprint density at radius 3 is 2.48 bits per heavy atom. The topological polar surface area (TPSA) is 61.0 Å². The van der Waals surface area contributed by atoms with Crippen molar-refractivity contribution in [3.8, 4) is 11.1 Å². The molecular formula is C27H35ClN4O. The van der Waals surface area contributed by atoms with Gasteiger partial charge in [0.1, 0.15) is 0 Å². The number of carbonyl (C=O) groups is 1. The summed E-state index contributed by atoms with van der Waals surface area (Å²) >= 11 is 6.61. The highest BCUT2D eigenvalue weighted by Gasteiger charge is 2.20. The minimum Gasteiger partial charge on any atom is -0.355 e. The predicted octanol–water partition coefficient (Wildman–Crippen LogP) is 5.54. The van der Waals surface area contributed by atoms with E-state index in [1.165, 1.54) is 5.56 Å². The molecule has 0 aliphatic carbocycles. The summed E-state index contributed by atoms with van der Waals surface area (Å²) in [6, 6.07) is 16.6. The van der Waals surface area contributed by atoms with Crippen molar-refractivity contribution < 1.29 is 4.79 Å². The smallest absolute Gasteiger partial charge is 0.220 e. The van der Waals surface area contributed by atoms with Crippen LogP contribution in [0.2, 0.25) is 5.02 Å². The summed E-state index contributed by atoms with van der Waals surface area (Å²) in [5.41, 5.74) is 4.34. The maximum atomic E-state index is 12.9. The summed E-state index contributed by atoms with van der Waals surface area (Å²) in [6.45, 7) is 4.99. The number of nitrogens with zero attached hydrogens (tertiary/aromatic N) is 2. The van der Waals surface area contributed by atoms with Crippen LogP contribution in [0.1, 0.15) is 43.7 Å². The second-order valence-electron chi connectivity index (χ2n) is 9.36. The molecule has 0 spiro atoms. The normalized spacial score (nSPS) is 13.3. The van der Waals surface area contributed by atoms with Crippen molar-refractivity contribution >= 4 is 17.5 Å². The van der Waals surface area contributed by atoms with Gasteiger partial charge in [0, 0.05) is 35.8 Å². The third-order valence-electron chi connectivity index (χ3n) is 6.06. The van der Waals surface area contributed by atoms with Gasteiger partial charge in [0.25, 0.3) is 0 Å². The number of nitrogens with one attached hydrogen (secondary N) is 2. The van der Waals surface area contributed by atoms with E-state index in [0.29, 0.717) is 18.9 Å². The minimum absolute atomic E-state index is 0.0951. The molecule has 3 rings (SSSR count). The molecule has 2 N–H and O–H groups in total. The first-order valence-electron chi connectivity index (χ1n) is 11.6. The quantitative estimate of drug-likeness (QED) is 0.390. The van der Waals surface area contributed by atoms with E-state index in [1.807, 2.05) is 44.6 Å². The molecular weight excluding hydrogens is 432 g/mol. The number of benzene rings is 2. The van der Waals surface area contributed by atoms with E-state index in [0.717, 1.165) is 34.6 Å². The molecule has 1 aromatic heterocycles. The largest absolute Gasteiger partial charge is 0.355 e. The van der Waals surface area contributed by atoms with Crippen LogP contribution in [-0.2, 0) is 11.2 Å². The van der Waals surface area contributed by atoms with Gasteiger partial charge in [-0.25, -0.2) is 0 Å². The molecule has 5 nitrogen and oxygen atoms in total. The zero-order valence-electron chi connectivity index (χ0n) is 20.0. The lowest BCUT2D eigenvalue weighted by Crippen LogP contribution is -2.42. The molecule has 1 amide bonds. The lowest BCUT2D eigenvalue weighted by Gasteiger charge is -2.26. The number of H-pyrrole nitrogens is 1. The maximum absolute atomic E-state index is 12.9. The van der Waals surface area contributed by atoms with Gasteiger partial charge in [0.2, 0.25) is 5.91 Å². The van der Waals surface area contributed by atoms with E-state index in [1.54, 1.807) is 6.20 Å². The molecule has 6 heteroatoms. The summed E-state index contributed by atoms with van der Waals surface area (Å²) in [5, 5.41) is 10.7. The lowest BCUT2D eigenvalue weighted by atomic mass is 9.87. The number of hydrogen-bond acceptors (Lipinski definition) is 3. The Balaban J connectivity index is 1.61. The van der Waals surface area contributed by atoms with Crippen molar-refractivity contribution in [2.45, 2.75) is 45.1 Å². The van der Waals surface area contributed by atoms with Gasteiger partial charge in [-0.05, 0) is 61.5 Å². The van der Waals surface area contributed by atoms with E-state index in [9.17, 15) is 4.79 Å². The number of likely N-dealkylation sites (N-methyl/N-ethyl adjacent to an activating group) is 1. The minimum atomic E-state index is 0.0951. The molecule has 0 saturated carbocycles. The van der Waals surface area contributed by atoms with E-state index >= 15 is 0 Å². The van der Waals surface area contributed by atoms with Crippen LogP contribution in [0, 0.1) is 5.92 Å². The van der Waals surface area contributed by atoms with Gasteiger partial charge >= 0.3 is 0 Å². The predicted molar refractivity (Wildman–Crippen MR) is 136 cm³/mol. The van der Waals surface area contributed by atoms with Gasteiger partial charge in [0.05, 0.1) is 6.20 Å². The highest BCUT2D eigenvalue weighted by molar-refractivity contribution is 6.31. The first-order valence-corrected chi connectivity index (χ1v) is 12.0.